The molecule has 0 radical (unpaired) electrons. The molecule has 1 aliphatic rings. The zero-order valence-electron chi connectivity index (χ0n) is 7.97. The average Bonchev–Trinajstić information content (AvgIpc) is 2.20. The number of hydrogen-bond acceptors (Lipinski definition) is 6. The highest BCUT2D eigenvalue weighted by molar-refractivity contribution is 6.19. The molecule has 0 amide bonds. The van der Waals surface area contributed by atoms with Gasteiger partial charge in [0.25, 0.3) is 0 Å². The van der Waals surface area contributed by atoms with Crippen LogP contribution in [0.15, 0.2) is 36.1 Å². The molecule has 0 aromatic carbocycles. The standard InChI is InChI=1S/C10H8O6/c1-5(9(12)13)16-7-4-2-3-6(8(7)11)10(14)15/h2-4,7H,1H2,(H,12,13)(H,14,15)/p-2. The van der Waals surface area contributed by atoms with Gasteiger partial charge in [0.05, 0.1) is 5.97 Å². The van der Waals surface area contributed by atoms with Gasteiger partial charge in [-0.2, -0.15) is 0 Å². The minimum Gasteiger partial charge on any atom is -0.545 e. The van der Waals surface area contributed by atoms with E-state index in [0.29, 0.717) is 0 Å². The first-order chi connectivity index (χ1) is 7.43. The molecule has 0 bridgehead atoms. The quantitative estimate of drug-likeness (QED) is 0.294. The minimum absolute atomic E-state index is 0.585. The van der Waals surface area contributed by atoms with E-state index in [1.165, 1.54) is 12.2 Å². The summed E-state index contributed by atoms with van der Waals surface area (Å²) in [7, 11) is 0. The second-order valence-corrected chi connectivity index (χ2v) is 2.87. The fourth-order valence-corrected chi connectivity index (χ4v) is 1.04. The van der Waals surface area contributed by atoms with Gasteiger partial charge in [0, 0.05) is 5.57 Å². The Morgan fingerprint density at radius 1 is 1.38 bits per heavy atom. The van der Waals surface area contributed by atoms with Crippen LogP contribution in [0.25, 0.3) is 0 Å². The van der Waals surface area contributed by atoms with E-state index in [4.69, 9.17) is 0 Å². The summed E-state index contributed by atoms with van der Waals surface area (Å²) in [5.41, 5.74) is -0.585. The Balaban J connectivity index is 2.81. The molecule has 16 heavy (non-hydrogen) atoms. The molecule has 0 aliphatic heterocycles. The lowest BCUT2D eigenvalue weighted by atomic mass is 10.0. The Kier molecular flexibility index (Phi) is 3.24. The van der Waals surface area contributed by atoms with Crippen molar-refractivity contribution in [3.8, 4) is 0 Å². The Morgan fingerprint density at radius 2 is 2.00 bits per heavy atom. The number of Topliss-reactive ketones (excluding diaryl/α,β-unsaturated/α-hetero) is 1. The van der Waals surface area contributed by atoms with Gasteiger partial charge in [-0.1, -0.05) is 12.7 Å². The summed E-state index contributed by atoms with van der Waals surface area (Å²) < 4.78 is 4.62. The van der Waals surface area contributed by atoms with E-state index in [2.05, 4.69) is 11.3 Å². The number of ether oxygens (including phenoxy) is 1. The van der Waals surface area contributed by atoms with Crippen LogP contribution in [-0.2, 0) is 19.1 Å². The fraction of sp³-hybridized carbons (Fsp3) is 0.100. The normalized spacial score (nSPS) is 18.9. The number of ketones is 1. The third kappa shape index (κ3) is 2.35. The maximum absolute atomic E-state index is 11.4. The van der Waals surface area contributed by atoms with Gasteiger partial charge in [0.15, 0.2) is 6.10 Å². The number of hydrogen-bond donors (Lipinski definition) is 0. The minimum atomic E-state index is -1.68. The fourth-order valence-electron chi connectivity index (χ4n) is 1.04. The van der Waals surface area contributed by atoms with E-state index in [9.17, 15) is 24.6 Å². The van der Waals surface area contributed by atoms with Crippen molar-refractivity contribution >= 4 is 17.7 Å². The SMILES string of the molecule is C=C(OC1C=CC=C(C(=O)[O-])C1=O)C(=O)[O-]. The smallest absolute Gasteiger partial charge is 0.209 e. The summed E-state index contributed by atoms with van der Waals surface area (Å²) in [6, 6.07) is 0. The van der Waals surface area contributed by atoms with Gasteiger partial charge in [-0.3, -0.25) is 4.79 Å². The van der Waals surface area contributed by atoms with E-state index in [1.807, 2.05) is 0 Å². The summed E-state index contributed by atoms with van der Waals surface area (Å²) >= 11 is 0. The molecule has 1 unspecified atom stereocenters. The highest BCUT2D eigenvalue weighted by Crippen LogP contribution is 2.13. The Morgan fingerprint density at radius 3 is 2.50 bits per heavy atom. The van der Waals surface area contributed by atoms with Crippen LogP contribution in [0.2, 0.25) is 0 Å². The van der Waals surface area contributed by atoms with Crippen molar-refractivity contribution in [2.24, 2.45) is 0 Å². The Labute approximate surface area is 90.1 Å². The molecule has 0 aromatic heterocycles. The van der Waals surface area contributed by atoms with E-state index in [0.717, 1.165) is 6.08 Å². The maximum Gasteiger partial charge on any atom is 0.209 e. The van der Waals surface area contributed by atoms with Crippen LogP contribution in [0, 0.1) is 0 Å². The van der Waals surface area contributed by atoms with Gasteiger partial charge in [-0.25, -0.2) is 0 Å². The van der Waals surface area contributed by atoms with Crippen molar-refractivity contribution < 1.29 is 29.3 Å². The molecule has 1 aliphatic carbocycles. The van der Waals surface area contributed by atoms with Gasteiger partial charge in [-0.15, -0.1) is 0 Å². The molecule has 84 valence electrons. The van der Waals surface area contributed by atoms with Gasteiger partial charge in [-0.05, 0) is 12.2 Å². The number of carboxylic acid groups (broad SMARTS) is 2. The van der Waals surface area contributed by atoms with Crippen molar-refractivity contribution in [2.45, 2.75) is 6.10 Å². The summed E-state index contributed by atoms with van der Waals surface area (Å²) in [4.78, 5) is 32.2. The third-order valence-electron chi connectivity index (χ3n) is 1.79. The number of carbonyl (C=O) groups is 3. The number of rotatable bonds is 4. The van der Waals surface area contributed by atoms with Crippen molar-refractivity contribution in [3.63, 3.8) is 0 Å². The summed E-state index contributed by atoms with van der Waals surface area (Å²) in [5, 5.41) is 20.8. The van der Waals surface area contributed by atoms with Crippen LogP contribution >= 0.6 is 0 Å². The Hall–Kier alpha value is -2.37. The van der Waals surface area contributed by atoms with Crippen LogP contribution in [0.1, 0.15) is 0 Å². The topological polar surface area (TPSA) is 107 Å². The molecular formula is C10H6O6-2. The van der Waals surface area contributed by atoms with Crippen molar-refractivity contribution in [3.05, 3.63) is 36.1 Å². The van der Waals surface area contributed by atoms with Crippen molar-refractivity contribution in [1.29, 1.82) is 0 Å². The molecule has 0 saturated heterocycles. The van der Waals surface area contributed by atoms with Crippen LogP contribution in [-0.4, -0.2) is 23.8 Å². The highest BCUT2D eigenvalue weighted by Gasteiger charge is 2.24. The van der Waals surface area contributed by atoms with Gasteiger partial charge >= 0.3 is 0 Å². The maximum atomic E-state index is 11.4. The van der Waals surface area contributed by atoms with Crippen LogP contribution in [0.5, 0.6) is 0 Å². The van der Waals surface area contributed by atoms with E-state index < -0.39 is 35.2 Å². The zero-order valence-corrected chi connectivity index (χ0v) is 7.97. The predicted octanol–water partition coefficient (Wildman–Crippen LogP) is -2.55. The molecule has 0 fully saturated rings. The van der Waals surface area contributed by atoms with Crippen molar-refractivity contribution in [1.82, 2.24) is 0 Å². The van der Waals surface area contributed by atoms with Gasteiger partial charge < -0.3 is 24.5 Å². The molecular weight excluding hydrogens is 216 g/mol. The number of aliphatic carboxylic acids is 2. The molecule has 0 N–H and O–H groups in total. The van der Waals surface area contributed by atoms with Gasteiger partial charge in [0.1, 0.15) is 11.7 Å². The van der Waals surface area contributed by atoms with E-state index in [-0.39, 0.29) is 0 Å². The monoisotopic (exact) mass is 222 g/mol. The largest absolute Gasteiger partial charge is 0.545 e. The summed E-state index contributed by atoms with van der Waals surface area (Å²) in [5.74, 6) is -4.97. The predicted molar refractivity (Wildman–Crippen MR) is 46.3 cm³/mol. The number of carboxylic acids is 2. The van der Waals surface area contributed by atoms with E-state index >= 15 is 0 Å². The first-order valence-corrected chi connectivity index (χ1v) is 4.14. The lowest BCUT2D eigenvalue weighted by Gasteiger charge is -2.20. The molecule has 0 spiro atoms. The van der Waals surface area contributed by atoms with Crippen molar-refractivity contribution in [2.75, 3.05) is 0 Å². The highest BCUT2D eigenvalue weighted by atomic mass is 16.5. The lowest BCUT2D eigenvalue weighted by Crippen LogP contribution is -2.37. The summed E-state index contributed by atoms with van der Waals surface area (Å²) in [6.45, 7) is 3.00. The molecule has 6 heteroatoms. The molecule has 0 aromatic rings. The second-order valence-electron chi connectivity index (χ2n) is 2.87. The third-order valence-corrected chi connectivity index (χ3v) is 1.79. The Bertz CT molecular complexity index is 429. The number of carbonyl (C=O) groups excluding carboxylic acids is 3. The number of allylic oxidation sites excluding steroid dienone is 2. The molecule has 0 saturated carbocycles. The zero-order chi connectivity index (χ0) is 12.3. The van der Waals surface area contributed by atoms with Gasteiger partial charge in [0.2, 0.25) is 5.78 Å². The average molecular weight is 222 g/mol. The molecule has 6 nitrogen and oxygen atoms in total. The van der Waals surface area contributed by atoms with E-state index in [1.54, 1.807) is 0 Å². The molecule has 1 rings (SSSR count). The second kappa shape index (κ2) is 4.43. The summed E-state index contributed by atoms with van der Waals surface area (Å²) in [6.07, 6.45) is 2.16. The van der Waals surface area contributed by atoms with Crippen LogP contribution in [0.4, 0.5) is 0 Å². The van der Waals surface area contributed by atoms with Crippen LogP contribution < -0.4 is 10.2 Å². The molecule has 0 heterocycles. The lowest BCUT2D eigenvalue weighted by molar-refractivity contribution is -0.303. The van der Waals surface area contributed by atoms with Crippen LogP contribution in [0.3, 0.4) is 0 Å². The molecule has 1 atom stereocenters. The first kappa shape index (κ1) is 11.7. The first-order valence-electron chi connectivity index (χ1n) is 4.14.